The second kappa shape index (κ2) is 5.61. The summed E-state index contributed by atoms with van der Waals surface area (Å²) < 4.78 is 0. The molecule has 1 aromatic rings. The number of carbonyl (C=O) groups is 1. The number of aliphatic carboxylic acids is 1. The van der Waals surface area contributed by atoms with Crippen LogP contribution in [0.3, 0.4) is 0 Å². The van der Waals surface area contributed by atoms with Gasteiger partial charge in [0.2, 0.25) is 0 Å². The Morgan fingerprint density at radius 3 is 2.53 bits per heavy atom. The van der Waals surface area contributed by atoms with Crippen LogP contribution in [0.5, 0.6) is 0 Å². The van der Waals surface area contributed by atoms with Gasteiger partial charge in [0, 0.05) is 11.3 Å². The Balaban J connectivity index is 1.94. The smallest absolute Gasteiger partial charge is 0.309 e. The molecule has 106 valence electrons. The van der Waals surface area contributed by atoms with Gasteiger partial charge >= 0.3 is 5.97 Å². The quantitative estimate of drug-likeness (QED) is 0.907. The predicted octanol–water partition coefficient (Wildman–Crippen LogP) is 4.09. The number of carboxylic acid groups (broad SMARTS) is 1. The average Bonchev–Trinajstić information content (AvgIpc) is 2.75. The van der Waals surface area contributed by atoms with Crippen LogP contribution in [0.15, 0.2) is 5.38 Å². The van der Waals surface area contributed by atoms with E-state index in [0.717, 1.165) is 10.9 Å². The summed E-state index contributed by atoms with van der Waals surface area (Å²) in [6.45, 7) is 6.98. The molecule has 1 fully saturated rings. The van der Waals surface area contributed by atoms with E-state index in [-0.39, 0.29) is 6.42 Å². The first-order valence-corrected chi connectivity index (χ1v) is 7.90. The topological polar surface area (TPSA) is 50.2 Å². The summed E-state index contributed by atoms with van der Waals surface area (Å²) in [6.07, 6.45) is 4.97. The molecular formula is C15H23NO2S. The van der Waals surface area contributed by atoms with Gasteiger partial charge in [0.05, 0.1) is 17.1 Å². The van der Waals surface area contributed by atoms with E-state index >= 15 is 0 Å². The van der Waals surface area contributed by atoms with Crippen LogP contribution in [0.2, 0.25) is 0 Å². The normalized spacial score (nSPS) is 24.4. The number of hydrogen-bond acceptors (Lipinski definition) is 3. The van der Waals surface area contributed by atoms with Gasteiger partial charge in [-0.05, 0) is 37.0 Å². The third kappa shape index (κ3) is 3.78. The van der Waals surface area contributed by atoms with Crippen molar-refractivity contribution in [2.45, 2.75) is 58.8 Å². The van der Waals surface area contributed by atoms with E-state index in [1.165, 1.54) is 25.7 Å². The van der Waals surface area contributed by atoms with Crippen molar-refractivity contribution in [3.63, 3.8) is 0 Å². The largest absolute Gasteiger partial charge is 0.481 e. The Labute approximate surface area is 119 Å². The number of rotatable bonds is 3. The molecule has 1 saturated carbocycles. The highest BCUT2D eigenvalue weighted by Crippen LogP contribution is 2.43. The lowest BCUT2D eigenvalue weighted by Crippen LogP contribution is -2.25. The highest BCUT2D eigenvalue weighted by atomic mass is 32.1. The molecule has 0 spiro atoms. The summed E-state index contributed by atoms with van der Waals surface area (Å²) in [4.78, 5) is 15.2. The van der Waals surface area contributed by atoms with Gasteiger partial charge in [-0.15, -0.1) is 11.3 Å². The van der Waals surface area contributed by atoms with E-state index in [0.29, 0.717) is 17.0 Å². The number of thiazole rings is 1. The van der Waals surface area contributed by atoms with Crippen LogP contribution in [0, 0.1) is 11.3 Å². The lowest BCUT2D eigenvalue weighted by Gasteiger charge is -2.36. The van der Waals surface area contributed by atoms with Crippen molar-refractivity contribution in [3.8, 4) is 0 Å². The van der Waals surface area contributed by atoms with Gasteiger partial charge in [0.25, 0.3) is 0 Å². The molecule has 0 radical (unpaired) electrons. The summed E-state index contributed by atoms with van der Waals surface area (Å²) in [5.74, 6) is 0.557. The Morgan fingerprint density at radius 1 is 1.37 bits per heavy atom. The maximum absolute atomic E-state index is 10.7. The van der Waals surface area contributed by atoms with Crippen molar-refractivity contribution in [3.05, 3.63) is 16.1 Å². The Morgan fingerprint density at radius 2 is 2.00 bits per heavy atom. The third-order valence-electron chi connectivity index (χ3n) is 4.20. The van der Waals surface area contributed by atoms with Gasteiger partial charge in [-0.3, -0.25) is 4.79 Å². The van der Waals surface area contributed by atoms with Crippen molar-refractivity contribution < 1.29 is 9.90 Å². The van der Waals surface area contributed by atoms with Gasteiger partial charge in [-0.1, -0.05) is 20.8 Å². The van der Waals surface area contributed by atoms with Crippen molar-refractivity contribution in [2.75, 3.05) is 0 Å². The second-order valence-electron chi connectivity index (χ2n) is 6.66. The first-order chi connectivity index (χ1) is 8.86. The van der Waals surface area contributed by atoms with E-state index in [4.69, 9.17) is 5.11 Å². The summed E-state index contributed by atoms with van der Waals surface area (Å²) in [5, 5.41) is 11.8. The average molecular weight is 281 g/mol. The zero-order chi connectivity index (χ0) is 14.0. The molecule has 3 nitrogen and oxygen atoms in total. The molecule has 1 aliphatic carbocycles. The molecule has 19 heavy (non-hydrogen) atoms. The lowest BCUT2D eigenvalue weighted by atomic mass is 9.70. The molecule has 1 heterocycles. The van der Waals surface area contributed by atoms with Crippen LogP contribution in [0.4, 0.5) is 0 Å². The van der Waals surface area contributed by atoms with Gasteiger partial charge in [0.1, 0.15) is 0 Å². The fourth-order valence-electron chi connectivity index (χ4n) is 2.95. The standard InChI is InChI=1S/C15H23NO2S/c1-15(2,3)11-6-4-10(5-7-11)14-16-12(9-19-14)8-13(17)18/h9-11H,4-8H2,1-3H3,(H,17,18). The van der Waals surface area contributed by atoms with Crippen LogP contribution in [-0.4, -0.2) is 16.1 Å². The fraction of sp³-hybridized carbons (Fsp3) is 0.733. The fourth-order valence-corrected chi connectivity index (χ4v) is 3.94. The van der Waals surface area contributed by atoms with E-state index in [1.54, 1.807) is 11.3 Å². The summed E-state index contributed by atoms with van der Waals surface area (Å²) in [7, 11) is 0. The summed E-state index contributed by atoms with van der Waals surface area (Å²) >= 11 is 1.63. The zero-order valence-corrected chi connectivity index (χ0v) is 12.8. The highest BCUT2D eigenvalue weighted by molar-refractivity contribution is 7.09. The van der Waals surface area contributed by atoms with Crippen molar-refractivity contribution in [2.24, 2.45) is 11.3 Å². The molecule has 0 saturated heterocycles. The molecule has 0 bridgehead atoms. The minimum atomic E-state index is -0.798. The van der Waals surface area contributed by atoms with Crippen LogP contribution in [-0.2, 0) is 11.2 Å². The van der Waals surface area contributed by atoms with Crippen LogP contribution in [0.25, 0.3) is 0 Å². The molecule has 0 unspecified atom stereocenters. The van der Waals surface area contributed by atoms with E-state index in [9.17, 15) is 4.79 Å². The Kier molecular flexibility index (Phi) is 4.29. The minimum Gasteiger partial charge on any atom is -0.481 e. The second-order valence-corrected chi connectivity index (χ2v) is 7.55. The Bertz CT molecular complexity index is 439. The maximum Gasteiger partial charge on any atom is 0.309 e. The van der Waals surface area contributed by atoms with Crippen molar-refractivity contribution >= 4 is 17.3 Å². The number of carboxylic acids is 1. The number of aromatic nitrogens is 1. The maximum atomic E-state index is 10.7. The van der Waals surface area contributed by atoms with Crippen LogP contribution in [0.1, 0.15) is 63.1 Å². The molecule has 1 aliphatic rings. The van der Waals surface area contributed by atoms with E-state index in [1.807, 2.05) is 5.38 Å². The SMILES string of the molecule is CC(C)(C)C1CCC(c2nc(CC(=O)O)cs2)CC1. The molecule has 4 heteroatoms. The summed E-state index contributed by atoms with van der Waals surface area (Å²) in [6, 6.07) is 0. The first-order valence-electron chi connectivity index (χ1n) is 7.02. The molecule has 2 rings (SSSR count). The minimum absolute atomic E-state index is 0.0494. The van der Waals surface area contributed by atoms with Crippen LogP contribution < -0.4 is 0 Å². The molecule has 0 aromatic carbocycles. The molecule has 0 atom stereocenters. The molecule has 0 aliphatic heterocycles. The summed E-state index contributed by atoms with van der Waals surface area (Å²) in [5.41, 5.74) is 1.12. The van der Waals surface area contributed by atoms with Gasteiger partial charge in [-0.2, -0.15) is 0 Å². The zero-order valence-electron chi connectivity index (χ0n) is 12.0. The molecule has 1 aromatic heterocycles. The van der Waals surface area contributed by atoms with Gasteiger partial charge in [0.15, 0.2) is 0 Å². The highest BCUT2D eigenvalue weighted by Gasteiger charge is 2.31. The molecular weight excluding hydrogens is 258 g/mol. The van der Waals surface area contributed by atoms with E-state index < -0.39 is 5.97 Å². The lowest BCUT2D eigenvalue weighted by molar-refractivity contribution is -0.136. The van der Waals surface area contributed by atoms with Crippen molar-refractivity contribution in [1.29, 1.82) is 0 Å². The molecule has 1 N–H and O–H groups in total. The Hall–Kier alpha value is -0.900. The first kappa shape index (κ1) is 14.5. The number of nitrogens with zero attached hydrogens (tertiary/aromatic N) is 1. The monoisotopic (exact) mass is 281 g/mol. The van der Waals surface area contributed by atoms with E-state index in [2.05, 4.69) is 25.8 Å². The third-order valence-corrected chi connectivity index (χ3v) is 5.26. The number of hydrogen-bond donors (Lipinski definition) is 1. The van der Waals surface area contributed by atoms with Crippen LogP contribution >= 0.6 is 11.3 Å². The van der Waals surface area contributed by atoms with Crippen molar-refractivity contribution in [1.82, 2.24) is 4.98 Å². The van der Waals surface area contributed by atoms with Gasteiger partial charge in [-0.25, -0.2) is 4.98 Å². The predicted molar refractivity (Wildman–Crippen MR) is 77.6 cm³/mol. The molecule has 0 amide bonds. The van der Waals surface area contributed by atoms with Gasteiger partial charge < -0.3 is 5.11 Å².